The monoisotopic (exact) mass is 366 g/mol. The number of amides is 2. The fraction of sp³-hybridized carbons (Fsp3) is 0.364. The van der Waals surface area contributed by atoms with Crippen molar-refractivity contribution in [1.82, 2.24) is 0 Å². The van der Waals surface area contributed by atoms with E-state index in [0.717, 1.165) is 17.7 Å². The van der Waals surface area contributed by atoms with E-state index in [9.17, 15) is 9.59 Å². The Labute approximate surface area is 160 Å². The number of hydrogen-bond acceptors (Lipinski definition) is 3. The maximum absolute atomic E-state index is 13.0. The van der Waals surface area contributed by atoms with Gasteiger partial charge in [0.05, 0.1) is 6.42 Å². The first kappa shape index (κ1) is 19.0. The SMILES string of the molecule is C[C@@H]1Cc2ccccc2N1C(=O)Cc1ccccc1NC(=O)OC(C)(C)C. The maximum Gasteiger partial charge on any atom is 0.412 e. The third-order valence-electron chi connectivity index (χ3n) is 4.47. The van der Waals surface area contributed by atoms with Gasteiger partial charge in [0, 0.05) is 17.4 Å². The minimum Gasteiger partial charge on any atom is -0.444 e. The number of fused-ring (bicyclic) bond motifs is 1. The molecule has 0 unspecified atom stereocenters. The van der Waals surface area contributed by atoms with Crippen molar-refractivity contribution in [3.8, 4) is 0 Å². The molecule has 3 rings (SSSR count). The van der Waals surface area contributed by atoms with Crippen LogP contribution in [0, 0.1) is 0 Å². The van der Waals surface area contributed by atoms with Crippen LogP contribution in [0.15, 0.2) is 48.5 Å². The van der Waals surface area contributed by atoms with Gasteiger partial charge < -0.3 is 9.64 Å². The number of nitrogens with zero attached hydrogens (tertiary/aromatic N) is 1. The third-order valence-corrected chi connectivity index (χ3v) is 4.47. The predicted octanol–water partition coefficient (Wildman–Crippen LogP) is 4.55. The fourth-order valence-electron chi connectivity index (χ4n) is 3.40. The van der Waals surface area contributed by atoms with Crippen LogP contribution in [0.25, 0.3) is 0 Å². The second kappa shape index (κ2) is 7.43. The molecule has 5 heteroatoms. The van der Waals surface area contributed by atoms with Crippen molar-refractivity contribution in [2.24, 2.45) is 0 Å². The van der Waals surface area contributed by atoms with Crippen molar-refractivity contribution in [3.63, 3.8) is 0 Å². The van der Waals surface area contributed by atoms with E-state index in [1.165, 1.54) is 5.56 Å². The Balaban J connectivity index is 1.77. The molecule has 0 radical (unpaired) electrons. The van der Waals surface area contributed by atoms with Crippen LogP contribution in [0.5, 0.6) is 0 Å². The lowest BCUT2D eigenvalue weighted by Gasteiger charge is -2.24. The lowest BCUT2D eigenvalue weighted by Crippen LogP contribution is -2.37. The molecule has 0 bridgehead atoms. The Morgan fingerprint density at radius 3 is 2.52 bits per heavy atom. The van der Waals surface area contributed by atoms with Crippen LogP contribution in [0.2, 0.25) is 0 Å². The Hall–Kier alpha value is -2.82. The van der Waals surface area contributed by atoms with Gasteiger partial charge in [0.15, 0.2) is 0 Å². The second-order valence-electron chi connectivity index (χ2n) is 7.91. The molecule has 27 heavy (non-hydrogen) atoms. The van der Waals surface area contributed by atoms with Crippen LogP contribution < -0.4 is 10.2 Å². The molecule has 1 heterocycles. The lowest BCUT2D eigenvalue weighted by atomic mass is 10.1. The van der Waals surface area contributed by atoms with Gasteiger partial charge in [-0.05, 0) is 57.4 Å². The average molecular weight is 366 g/mol. The number of carbonyl (C=O) groups is 2. The number of para-hydroxylation sites is 2. The Morgan fingerprint density at radius 2 is 1.78 bits per heavy atom. The van der Waals surface area contributed by atoms with Crippen molar-refractivity contribution >= 4 is 23.4 Å². The van der Waals surface area contributed by atoms with E-state index in [1.54, 1.807) is 6.07 Å². The van der Waals surface area contributed by atoms with E-state index in [2.05, 4.69) is 18.3 Å². The molecule has 142 valence electrons. The van der Waals surface area contributed by atoms with Crippen LogP contribution >= 0.6 is 0 Å². The van der Waals surface area contributed by atoms with Gasteiger partial charge in [-0.25, -0.2) is 4.79 Å². The molecule has 0 saturated heterocycles. The summed E-state index contributed by atoms with van der Waals surface area (Å²) < 4.78 is 5.32. The number of carbonyl (C=O) groups excluding carboxylic acids is 2. The maximum atomic E-state index is 13.0. The lowest BCUT2D eigenvalue weighted by molar-refractivity contribution is -0.118. The van der Waals surface area contributed by atoms with Gasteiger partial charge in [-0.15, -0.1) is 0 Å². The first-order valence-electron chi connectivity index (χ1n) is 9.22. The fourth-order valence-corrected chi connectivity index (χ4v) is 3.40. The van der Waals surface area contributed by atoms with Gasteiger partial charge in [-0.3, -0.25) is 10.1 Å². The summed E-state index contributed by atoms with van der Waals surface area (Å²) in [7, 11) is 0. The molecule has 1 N–H and O–H groups in total. The Bertz CT molecular complexity index is 855. The first-order valence-corrected chi connectivity index (χ1v) is 9.22. The van der Waals surface area contributed by atoms with E-state index in [1.807, 2.05) is 62.1 Å². The number of benzene rings is 2. The summed E-state index contributed by atoms with van der Waals surface area (Å²) in [5, 5.41) is 2.76. The molecule has 0 aromatic heterocycles. The molecule has 2 amide bonds. The van der Waals surface area contributed by atoms with Gasteiger partial charge in [0.2, 0.25) is 5.91 Å². The number of ether oxygens (including phenoxy) is 1. The predicted molar refractivity (Wildman–Crippen MR) is 107 cm³/mol. The zero-order valence-electron chi connectivity index (χ0n) is 16.3. The highest BCUT2D eigenvalue weighted by Gasteiger charge is 2.30. The molecule has 1 atom stereocenters. The van der Waals surface area contributed by atoms with E-state index >= 15 is 0 Å². The molecule has 1 aliphatic heterocycles. The molecular weight excluding hydrogens is 340 g/mol. The van der Waals surface area contributed by atoms with Gasteiger partial charge in [-0.2, -0.15) is 0 Å². The summed E-state index contributed by atoms with van der Waals surface area (Å²) in [5.74, 6) is 0.0193. The van der Waals surface area contributed by atoms with Crippen LogP contribution in [-0.2, 0) is 22.4 Å². The highest BCUT2D eigenvalue weighted by atomic mass is 16.6. The number of nitrogens with one attached hydrogen (secondary N) is 1. The van der Waals surface area contributed by atoms with E-state index in [4.69, 9.17) is 4.74 Å². The average Bonchev–Trinajstić information content (AvgIpc) is 2.90. The molecule has 1 aliphatic rings. The van der Waals surface area contributed by atoms with Crippen molar-refractivity contribution in [2.45, 2.75) is 52.2 Å². The Morgan fingerprint density at radius 1 is 1.11 bits per heavy atom. The molecule has 2 aromatic rings. The first-order chi connectivity index (χ1) is 12.7. The van der Waals surface area contributed by atoms with Crippen molar-refractivity contribution < 1.29 is 14.3 Å². The smallest absolute Gasteiger partial charge is 0.412 e. The molecule has 0 saturated carbocycles. The molecule has 2 aromatic carbocycles. The van der Waals surface area contributed by atoms with Crippen molar-refractivity contribution in [1.29, 1.82) is 0 Å². The summed E-state index contributed by atoms with van der Waals surface area (Å²) in [6.45, 7) is 7.50. The molecule has 5 nitrogen and oxygen atoms in total. The number of anilines is 2. The largest absolute Gasteiger partial charge is 0.444 e. The number of hydrogen-bond donors (Lipinski definition) is 1. The van der Waals surface area contributed by atoms with Crippen molar-refractivity contribution in [2.75, 3.05) is 10.2 Å². The topological polar surface area (TPSA) is 58.6 Å². The van der Waals surface area contributed by atoms with Crippen molar-refractivity contribution in [3.05, 3.63) is 59.7 Å². The minimum atomic E-state index is -0.580. The zero-order chi connectivity index (χ0) is 19.6. The van der Waals surface area contributed by atoms with Gasteiger partial charge >= 0.3 is 6.09 Å². The Kier molecular flexibility index (Phi) is 5.22. The van der Waals surface area contributed by atoms with Crippen LogP contribution in [0.4, 0.5) is 16.2 Å². The minimum absolute atomic E-state index is 0.0193. The van der Waals surface area contributed by atoms with Crippen LogP contribution in [0.1, 0.15) is 38.8 Å². The van der Waals surface area contributed by atoms with E-state index < -0.39 is 11.7 Å². The summed E-state index contributed by atoms with van der Waals surface area (Å²) in [5.41, 5.74) is 2.96. The summed E-state index contributed by atoms with van der Waals surface area (Å²) in [4.78, 5) is 27.0. The van der Waals surface area contributed by atoms with E-state index in [0.29, 0.717) is 5.69 Å². The summed E-state index contributed by atoms with van der Waals surface area (Å²) in [6.07, 6.45) is 0.548. The van der Waals surface area contributed by atoms with Crippen LogP contribution in [0.3, 0.4) is 0 Å². The molecule has 0 spiro atoms. The van der Waals surface area contributed by atoms with Gasteiger partial charge in [0.1, 0.15) is 5.60 Å². The standard InChI is InChI=1S/C22H26N2O3/c1-15-13-17-10-6-8-12-19(17)24(15)20(25)14-16-9-5-7-11-18(16)23-21(26)27-22(2,3)4/h5-12,15H,13-14H2,1-4H3,(H,23,26)/t15-/m1/s1. The summed E-state index contributed by atoms with van der Waals surface area (Å²) >= 11 is 0. The van der Waals surface area contributed by atoms with Crippen LogP contribution in [-0.4, -0.2) is 23.6 Å². The number of rotatable bonds is 3. The zero-order valence-corrected chi connectivity index (χ0v) is 16.3. The summed E-state index contributed by atoms with van der Waals surface area (Å²) in [6, 6.07) is 15.5. The molecule has 0 aliphatic carbocycles. The van der Waals surface area contributed by atoms with Gasteiger partial charge in [-0.1, -0.05) is 36.4 Å². The highest BCUT2D eigenvalue weighted by Crippen LogP contribution is 2.32. The normalized spacial score (nSPS) is 16.0. The second-order valence-corrected chi connectivity index (χ2v) is 7.91. The quantitative estimate of drug-likeness (QED) is 0.867. The van der Waals surface area contributed by atoms with Gasteiger partial charge in [0.25, 0.3) is 0 Å². The molecular formula is C22H26N2O3. The van der Waals surface area contributed by atoms with E-state index in [-0.39, 0.29) is 18.4 Å². The third kappa shape index (κ3) is 4.48. The molecule has 0 fully saturated rings. The highest BCUT2D eigenvalue weighted by molar-refractivity contribution is 5.98.